The van der Waals surface area contributed by atoms with Gasteiger partial charge in [-0.05, 0) is 28.5 Å². The van der Waals surface area contributed by atoms with Crippen molar-refractivity contribution in [1.82, 2.24) is 5.32 Å². The minimum absolute atomic E-state index is 0.0175. The highest BCUT2D eigenvalue weighted by atomic mass is 19.1. The molecule has 0 radical (unpaired) electrons. The molecule has 0 aromatic heterocycles. The fraction of sp³-hybridized carbons (Fsp3) is 0.571. The van der Waals surface area contributed by atoms with Crippen LogP contribution in [0.4, 0.5) is 4.39 Å². The van der Waals surface area contributed by atoms with Gasteiger partial charge in [0.05, 0.1) is 0 Å². The average molecular weight is 237 g/mol. The Morgan fingerprint density at radius 1 is 1.18 bits per heavy atom. The van der Waals surface area contributed by atoms with Crippen LogP contribution in [0.15, 0.2) is 18.2 Å². The van der Waals surface area contributed by atoms with E-state index in [0.29, 0.717) is 12.6 Å². The van der Waals surface area contributed by atoms with Gasteiger partial charge < -0.3 is 10.4 Å². The molecule has 0 atom stereocenters. The molecule has 2 rings (SSSR count). The number of phenolic OH excluding ortho intramolecular Hbond substituents is 1. The summed E-state index contributed by atoms with van der Waals surface area (Å²) in [4.78, 5) is 0. The lowest BCUT2D eigenvalue weighted by atomic mass is 10.0. The van der Waals surface area contributed by atoms with Gasteiger partial charge in [0.1, 0.15) is 11.6 Å². The lowest BCUT2D eigenvalue weighted by molar-refractivity contribution is 0.457. The van der Waals surface area contributed by atoms with E-state index in [1.165, 1.54) is 6.07 Å². The van der Waals surface area contributed by atoms with Gasteiger partial charge in [0.15, 0.2) is 0 Å². The summed E-state index contributed by atoms with van der Waals surface area (Å²) in [5.41, 5.74) is 1.31. The maximum Gasteiger partial charge on any atom is 0.127 e. The van der Waals surface area contributed by atoms with E-state index in [9.17, 15) is 9.50 Å². The van der Waals surface area contributed by atoms with Gasteiger partial charge in [0.2, 0.25) is 0 Å². The SMILES string of the molecule is CC1(C)C(NCc2cc(O)cc(F)c2)C1(C)C. The molecule has 1 aliphatic carbocycles. The van der Waals surface area contributed by atoms with Gasteiger partial charge in [-0.1, -0.05) is 27.7 Å². The first kappa shape index (κ1) is 12.4. The standard InChI is InChI=1S/C14H20FNO/c1-13(2)12(14(13,3)4)16-8-9-5-10(15)7-11(17)6-9/h5-7,12,16-17H,8H2,1-4H3. The fourth-order valence-corrected chi connectivity index (χ4v) is 2.66. The van der Waals surface area contributed by atoms with Crippen molar-refractivity contribution >= 4 is 0 Å². The molecular weight excluding hydrogens is 217 g/mol. The van der Waals surface area contributed by atoms with Crippen LogP contribution < -0.4 is 5.32 Å². The predicted octanol–water partition coefficient (Wildman–Crippen LogP) is 3.06. The molecule has 0 amide bonds. The molecule has 2 nitrogen and oxygen atoms in total. The summed E-state index contributed by atoms with van der Waals surface area (Å²) >= 11 is 0. The maximum atomic E-state index is 13.1. The van der Waals surface area contributed by atoms with E-state index in [0.717, 1.165) is 11.6 Å². The molecule has 0 unspecified atom stereocenters. The lowest BCUT2D eigenvalue weighted by Crippen LogP contribution is -2.21. The first-order chi connectivity index (χ1) is 7.75. The Hall–Kier alpha value is -1.09. The van der Waals surface area contributed by atoms with Gasteiger partial charge >= 0.3 is 0 Å². The summed E-state index contributed by atoms with van der Waals surface area (Å²) in [6.07, 6.45) is 0. The number of nitrogens with one attached hydrogen (secondary N) is 1. The zero-order valence-electron chi connectivity index (χ0n) is 10.8. The van der Waals surface area contributed by atoms with E-state index >= 15 is 0 Å². The van der Waals surface area contributed by atoms with Gasteiger partial charge in [-0.25, -0.2) is 4.39 Å². The Labute approximate surface area is 102 Å². The molecule has 3 heteroatoms. The quantitative estimate of drug-likeness (QED) is 0.846. The molecule has 0 bridgehead atoms. The van der Waals surface area contributed by atoms with E-state index < -0.39 is 5.82 Å². The highest BCUT2D eigenvalue weighted by molar-refractivity contribution is 5.29. The van der Waals surface area contributed by atoms with Crippen molar-refractivity contribution in [1.29, 1.82) is 0 Å². The second-order valence-corrected chi connectivity index (χ2v) is 6.07. The Morgan fingerprint density at radius 3 is 2.24 bits per heavy atom. The topological polar surface area (TPSA) is 32.3 Å². The van der Waals surface area contributed by atoms with Crippen molar-refractivity contribution < 1.29 is 9.50 Å². The summed E-state index contributed by atoms with van der Waals surface area (Å²) in [5, 5.41) is 12.7. The van der Waals surface area contributed by atoms with Crippen LogP contribution in [0, 0.1) is 16.6 Å². The van der Waals surface area contributed by atoms with Crippen LogP contribution in [0.5, 0.6) is 5.75 Å². The predicted molar refractivity (Wildman–Crippen MR) is 66.3 cm³/mol. The smallest absolute Gasteiger partial charge is 0.127 e. The highest BCUT2D eigenvalue weighted by Gasteiger charge is 2.64. The van der Waals surface area contributed by atoms with Crippen molar-refractivity contribution in [2.75, 3.05) is 0 Å². The van der Waals surface area contributed by atoms with Crippen LogP contribution in [0.1, 0.15) is 33.3 Å². The second-order valence-electron chi connectivity index (χ2n) is 6.07. The molecule has 1 fully saturated rings. The molecule has 1 aromatic rings. The third kappa shape index (κ3) is 2.04. The van der Waals surface area contributed by atoms with Gasteiger partial charge in [-0.2, -0.15) is 0 Å². The van der Waals surface area contributed by atoms with Crippen LogP contribution >= 0.6 is 0 Å². The molecule has 0 spiro atoms. The first-order valence-electron chi connectivity index (χ1n) is 5.97. The van der Waals surface area contributed by atoms with E-state index in [4.69, 9.17) is 0 Å². The van der Waals surface area contributed by atoms with Crippen LogP contribution in [0.2, 0.25) is 0 Å². The van der Waals surface area contributed by atoms with Gasteiger partial charge in [0, 0.05) is 18.7 Å². The van der Waals surface area contributed by atoms with Crippen LogP contribution in [-0.4, -0.2) is 11.1 Å². The van der Waals surface area contributed by atoms with Crippen molar-refractivity contribution in [3.63, 3.8) is 0 Å². The average Bonchev–Trinajstić information content (AvgIpc) is 2.53. The van der Waals surface area contributed by atoms with Crippen LogP contribution in [0.3, 0.4) is 0 Å². The number of phenols is 1. The van der Waals surface area contributed by atoms with Crippen molar-refractivity contribution in [2.24, 2.45) is 10.8 Å². The zero-order chi connectivity index (χ0) is 12.8. The third-order valence-corrected chi connectivity index (χ3v) is 4.47. The molecular formula is C14H20FNO. The highest BCUT2D eigenvalue weighted by Crippen LogP contribution is 2.62. The number of hydrogen-bond donors (Lipinski definition) is 2. The molecule has 94 valence electrons. The molecule has 1 aliphatic rings. The molecule has 0 saturated heterocycles. The summed E-state index contributed by atoms with van der Waals surface area (Å²) < 4.78 is 13.1. The Morgan fingerprint density at radius 2 is 1.76 bits per heavy atom. The minimum Gasteiger partial charge on any atom is -0.508 e. The summed E-state index contributed by atoms with van der Waals surface area (Å²) in [5.74, 6) is -0.410. The summed E-state index contributed by atoms with van der Waals surface area (Å²) in [6, 6.07) is 4.60. The molecule has 1 saturated carbocycles. The van der Waals surface area contributed by atoms with Gasteiger partial charge in [-0.15, -0.1) is 0 Å². The Balaban J connectivity index is 2.00. The number of aromatic hydroxyl groups is 1. The minimum atomic E-state index is -0.392. The molecule has 0 heterocycles. The largest absolute Gasteiger partial charge is 0.508 e. The summed E-state index contributed by atoms with van der Waals surface area (Å²) in [6.45, 7) is 9.51. The van der Waals surface area contributed by atoms with Crippen molar-refractivity contribution in [3.8, 4) is 5.75 Å². The number of rotatable bonds is 3. The first-order valence-corrected chi connectivity index (χ1v) is 5.97. The third-order valence-electron chi connectivity index (χ3n) is 4.47. The number of hydrogen-bond acceptors (Lipinski definition) is 2. The molecule has 2 N–H and O–H groups in total. The van der Waals surface area contributed by atoms with E-state index in [1.54, 1.807) is 6.07 Å². The Bertz CT molecular complexity index is 406. The van der Waals surface area contributed by atoms with Crippen LogP contribution in [-0.2, 0) is 6.54 Å². The second kappa shape index (κ2) is 3.70. The van der Waals surface area contributed by atoms with Gasteiger partial charge in [0.25, 0.3) is 0 Å². The molecule has 0 aliphatic heterocycles. The zero-order valence-corrected chi connectivity index (χ0v) is 10.8. The number of benzene rings is 1. The number of halogens is 1. The molecule has 17 heavy (non-hydrogen) atoms. The van der Waals surface area contributed by atoms with E-state index in [1.807, 2.05) is 0 Å². The summed E-state index contributed by atoms with van der Waals surface area (Å²) in [7, 11) is 0. The molecule has 1 aromatic carbocycles. The van der Waals surface area contributed by atoms with E-state index in [2.05, 4.69) is 33.0 Å². The van der Waals surface area contributed by atoms with Crippen molar-refractivity contribution in [3.05, 3.63) is 29.6 Å². The van der Waals surface area contributed by atoms with Crippen LogP contribution in [0.25, 0.3) is 0 Å². The monoisotopic (exact) mass is 237 g/mol. The maximum absolute atomic E-state index is 13.1. The fourth-order valence-electron chi connectivity index (χ4n) is 2.66. The Kier molecular flexibility index (Phi) is 2.69. The van der Waals surface area contributed by atoms with Crippen molar-refractivity contribution in [2.45, 2.75) is 40.3 Å². The lowest BCUT2D eigenvalue weighted by Gasteiger charge is -2.07. The normalized spacial score (nSPS) is 21.5. The van der Waals surface area contributed by atoms with E-state index in [-0.39, 0.29) is 16.6 Å². The van der Waals surface area contributed by atoms with Gasteiger partial charge in [-0.3, -0.25) is 0 Å².